The van der Waals surface area contributed by atoms with Crippen LogP contribution in [-0.2, 0) is 0 Å². The first-order valence-electron chi connectivity index (χ1n) is 7.06. The van der Waals surface area contributed by atoms with Gasteiger partial charge in [0.1, 0.15) is 0 Å². The van der Waals surface area contributed by atoms with Crippen LogP contribution in [0.4, 0.5) is 0 Å². The average Bonchev–Trinajstić information content (AvgIpc) is 3.02. The average molecular weight is 238 g/mol. The third kappa shape index (κ3) is 5.69. The number of hydrogen-bond acceptors (Lipinski definition) is 2. The highest BCUT2D eigenvalue weighted by molar-refractivity contribution is 4.87. The van der Waals surface area contributed by atoms with E-state index in [4.69, 9.17) is 0 Å². The van der Waals surface area contributed by atoms with Crippen molar-refractivity contribution in [1.82, 2.24) is 10.2 Å². The van der Waals surface area contributed by atoms with Crippen molar-refractivity contribution < 1.29 is 0 Å². The summed E-state index contributed by atoms with van der Waals surface area (Å²) in [5.41, 5.74) is 0.234. The quantitative estimate of drug-likeness (QED) is 0.516. The highest BCUT2D eigenvalue weighted by Crippen LogP contribution is 2.20. The smallest absolute Gasteiger partial charge is 0.0168 e. The molecule has 1 atom stereocenters. The van der Waals surface area contributed by atoms with Gasteiger partial charge in [-0.1, -0.05) is 6.08 Å². The minimum absolute atomic E-state index is 0.234. The maximum absolute atomic E-state index is 3.87. The van der Waals surface area contributed by atoms with Gasteiger partial charge >= 0.3 is 0 Å². The lowest BCUT2D eigenvalue weighted by atomic mass is 10.0. The number of rotatable bonds is 8. The maximum atomic E-state index is 3.87. The molecular formula is C15H30N2. The third-order valence-corrected chi connectivity index (χ3v) is 3.53. The van der Waals surface area contributed by atoms with Crippen molar-refractivity contribution in [3.05, 3.63) is 12.7 Å². The summed E-state index contributed by atoms with van der Waals surface area (Å²) in [5.74, 6) is 0. The van der Waals surface area contributed by atoms with Gasteiger partial charge in [0.25, 0.3) is 0 Å². The van der Waals surface area contributed by atoms with Crippen molar-refractivity contribution >= 4 is 0 Å². The molecule has 1 fully saturated rings. The van der Waals surface area contributed by atoms with E-state index < -0.39 is 0 Å². The summed E-state index contributed by atoms with van der Waals surface area (Å²) >= 11 is 0. The van der Waals surface area contributed by atoms with Gasteiger partial charge in [-0.25, -0.2) is 0 Å². The van der Waals surface area contributed by atoms with E-state index in [0.29, 0.717) is 6.04 Å². The predicted octanol–water partition coefficient (Wildman–Crippen LogP) is 3.19. The standard InChI is InChI=1S/C15H30N2/c1-6-12-17(15(3,4)5)13(2)8-7-11-16-14-9-10-14/h6,13-14,16H,1,7-12H2,2-5H3. The largest absolute Gasteiger partial charge is 0.314 e. The van der Waals surface area contributed by atoms with E-state index in [1.807, 2.05) is 6.08 Å². The molecule has 1 N–H and O–H groups in total. The second-order valence-electron chi connectivity index (χ2n) is 6.33. The van der Waals surface area contributed by atoms with Crippen LogP contribution in [0.2, 0.25) is 0 Å². The number of nitrogens with zero attached hydrogens (tertiary/aromatic N) is 1. The molecule has 2 heteroatoms. The molecule has 0 bridgehead atoms. The van der Waals surface area contributed by atoms with Crippen molar-refractivity contribution in [2.45, 2.75) is 71.0 Å². The Morgan fingerprint density at radius 2 is 2.06 bits per heavy atom. The molecule has 0 radical (unpaired) electrons. The van der Waals surface area contributed by atoms with Crippen LogP contribution in [0.1, 0.15) is 53.4 Å². The maximum Gasteiger partial charge on any atom is 0.0168 e. The van der Waals surface area contributed by atoms with Gasteiger partial charge in [0.15, 0.2) is 0 Å². The summed E-state index contributed by atoms with van der Waals surface area (Å²) in [6.45, 7) is 15.2. The molecule has 0 saturated heterocycles. The minimum atomic E-state index is 0.234. The molecule has 0 aromatic heterocycles. The highest BCUT2D eigenvalue weighted by atomic mass is 15.2. The van der Waals surface area contributed by atoms with Crippen molar-refractivity contribution in [3.8, 4) is 0 Å². The summed E-state index contributed by atoms with van der Waals surface area (Å²) < 4.78 is 0. The van der Waals surface area contributed by atoms with Crippen LogP contribution in [0.15, 0.2) is 12.7 Å². The summed E-state index contributed by atoms with van der Waals surface area (Å²) in [6.07, 6.45) is 7.34. The van der Waals surface area contributed by atoms with E-state index in [2.05, 4.69) is 44.5 Å². The Bertz CT molecular complexity index is 226. The Morgan fingerprint density at radius 1 is 1.41 bits per heavy atom. The Labute approximate surface area is 107 Å². The van der Waals surface area contributed by atoms with Gasteiger partial charge in [-0.2, -0.15) is 0 Å². The Morgan fingerprint density at radius 3 is 2.53 bits per heavy atom. The van der Waals surface area contributed by atoms with E-state index in [9.17, 15) is 0 Å². The zero-order valence-electron chi connectivity index (χ0n) is 12.1. The fourth-order valence-corrected chi connectivity index (χ4v) is 2.40. The summed E-state index contributed by atoms with van der Waals surface area (Å²) in [5, 5.41) is 3.58. The lowest BCUT2D eigenvalue weighted by Gasteiger charge is -2.39. The van der Waals surface area contributed by atoms with E-state index in [1.54, 1.807) is 0 Å². The lowest BCUT2D eigenvalue weighted by molar-refractivity contribution is 0.0996. The number of nitrogens with one attached hydrogen (secondary N) is 1. The molecule has 0 heterocycles. The Balaban J connectivity index is 2.25. The lowest BCUT2D eigenvalue weighted by Crippen LogP contribution is -2.47. The van der Waals surface area contributed by atoms with Crippen LogP contribution in [0, 0.1) is 0 Å². The molecule has 0 spiro atoms. The normalized spacial score (nSPS) is 18.4. The summed E-state index contributed by atoms with van der Waals surface area (Å²) in [4.78, 5) is 2.54. The molecule has 2 nitrogen and oxygen atoms in total. The Kier molecular flexibility index (Phi) is 5.68. The first-order chi connectivity index (χ1) is 7.95. The van der Waals surface area contributed by atoms with Gasteiger partial charge in [-0.05, 0) is 59.9 Å². The van der Waals surface area contributed by atoms with Crippen molar-refractivity contribution in [3.63, 3.8) is 0 Å². The third-order valence-electron chi connectivity index (χ3n) is 3.53. The second kappa shape index (κ2) is 6.55. The minimum Gasteiger partial charge on any atom is -0.314 e. The molecule has 0 aromatic carbocycles. The molecule has 100 valence electrons. The van der Waals surface area contributed by atoms with Crippen LogP contribution >= 0.6 is 0 Å². The molecule has 1 unspecified atom stereocenters. The SMILES string of the molecule is C=CCN(C(C)CCCNC1CC1)C(C)(C)C. The van der Waals surface area contributed by atoms with Crippen LogP contribution in [-0.4, -0.2) is 35.6 Å². The van der Waals surface area contributed by atoms with Gasteiger partial charge < -0.3 is 5.32 Å². The van der Waals surface area contributed by atoms with Gasteiger partial charge in [0.05, 0.1) is 0 Å². The van der Waals surface area contributed by atoms with Crippen LogP contribution in [0.3, 0.4) is 0 Å². The number of hydrogen-bond donors (Lipinski definition) is 1. The monoisotopic (exact) mass is 238 g/mol. The van der Waals surface area contributed by atoms with Crippen molar-refractivity contribution in [2.75, 3.05) is 13.1 Å². The summed E-state index contributed by atoms with van der Waals surface area (Å²) in [7, 11) is 0. The van der Waals surface area contributed by atoms with Crippen LogP contribution in [0.25, 0.3) is 0 Å². The molecule has 17 heavy (non-hydrogen) atoms. The fourth-order valence-electron chi connectivity index (χ4n) is 2.40. The van der Waals surface area contributed by atoms with E-state index in [1.165, 1.54) is 32.2 Å². The van der Waals surface area contributed by atoms with Crippen molar-refractivity contribution in [1.29, 1.82) is 0 Å². The fraction of sp³-hybridized carbons (Fsp3) is 0.867. The van der Waals surface area contributed by atoms with E-state index >= 15 is 0 Å². The highest BCUT2D eigenvalue weighted by Gasteiger charge is 2.25. The zero-order valence-corrected chi connectivity index (χ0v) is 12.1. The molecule has 0 amide bonds. The van der Waals surface area contributed by atoms with Crippen molar-refractivity contribution in [2.24, 2.45) is 0 Å². The summed E-state index contributed by atoms with van der Waals surface area (Å²) in [6, 6.07) is 1.48. The Hall–Kier alpha value is -0.340. The van der Waals surface area contributed by atoms with E-state index in [0.717, 1.165) is 12.6 Å². The second-order valence-corrected chi connectivity index (χ2v) is 6.33. The first-order valence-corrected chi connectivity index (χ1v) is 7.06. The van der Waals surface area contributed by atoms with Gasteiger partial charge in [0.2, 0.25) is 0 Å². The molecule has 1 rings (SSSR count). The first kappa shape index (κ1) is 14.7. The molecule has 1 aliphatic rings. The van der Waals surface area contributed by atoms with Crippen LogP contribution < -0.4 is 5.32 Å². The van der Waals surface area contributed by atoms with Gasteiger partial charge in [-0.15, -0.1) is 6.58 Å². The van der Waals surface area contributed by atoms with E-state index in [-0.39, 0.29) is 5.54 Å². The molecular weight excluding hydrogens is 208 g/mol. The van der Waals surface area contributed by atoms with Gasteiger partial charge in [-0.3, -0.25) is 4.90 Å². The molecule has 1 saturated carbocycles. The topological polar surface area (TPSA) is 15.3 Å². The molecule has 0 aliphatic heterocycles. The molecule has 1 aliphatic carbocycles. The molecule has 0 aromatic rings. The van der Waals surface area contributed by atoms with Gasteiger partial charge in [0, 0.05) is 24.2 Å². The predicted molar refractivity (Wildman–Crippen MR) is 76.4 cm³/mol. The van der Waals surface area contributed by atoms with Crippen LogP contribution in [0.5, 0.6) is 0 Å². The zero-order chi connectivity index (χ0) is 12.9.